The van der Waals surface area contributed by atoms with Crippen LogP contribution in [0.3, 0.4) is 0 Å². The lowest BCUT2D eigenvalue weighted by Gasteiger charge is -2.18. The predicted octanol–water partition coefficient (Wildman–Crippen LogP) is 3.95. The summed E-state index contributed by atoms with van der Waals surface area (Å²) in [6, 6.07) is 10.7. The van der Waals surface area contributed by atoms with Crippen LogP contribution >= 0.6 is 23.2 Å². The quantitative estimate of drug-likeness (QED) is 0.804. The number of carbonyl (C=O) groups is 2. The molecule has 1 aliphatic heterocycles. The Labute approximate surface area is 167 Å². The molecule has 0 aromatic heterocycles. The maximum absolute atomic E-state index is 12.5. The second kappa shape index (κ2) is 6.82. The molecule has 1 heterocycles. The summed E-state index contributed by atoms with van der Waals surface area (Å²) in [7, 11) is -3.80. The molecule has 0 bridgehead atoms. The lowest BCUT2D eigenvalue weighted by molar-refractivity contribution is -0.123. The van der Waals surface area contributed by atoms with Crippen molar-refractivity contribution in [1.29, 1.82) is 0 Å². The number of halogens is 2. The zero-order valence-electron chi connectivity index (χ0n) is 14.5. The molecular weight excluding hydrogens is 411 g/mol. The molecule has 0 saturated carbocycles. The first-order chi connectivity index (χ1) is 12.5. The summed E-state index contributed by atoms with van der Waals surface area (Å²) in [5.41, 5.74) is -0.400. The van der Waals surface area contributed by atoms with Gasteiger partial charge in [-0.25, -0.2) is 12.7 Å². The topological polar surface area (TPSA) is 83.6 Å². The molecule has 0 unspecified atom stereocenters. The van der Waals surface area contributed by atoms with Crippen molar-refractivity contribution in [2.24, 2.45) is 5.41 Å². The molecule has 2 amide bonds. The molecule has 2 aromatic carbocycles. The summed E-state index contributed by atoms with van der Waals surface area (Å²) in [4.78, 5) is 25.1. The number of carbonyl (C=O) groups excluding carboxylic acids is 2. The molecule has 1 fully saturated rings. The van der Waals surface area contributed by atoms with E-state index in [0.717, 1.165) is 4.31 Å². The van der Waals surface area contributed by atoms with E-state index < -0.39 is 27.3 Å². The molecule has 1 N–H and O–H groups in total. The van der Waals surface area contributed by atoms with Gasteiger partial charge in [-0.1, -0.05) is 35.3 Å². The molecule has 1 aliphatic rings. The zero-order valence-corrected chi connectivity index (χ0v) is 16.8. The van der Waals surface area contributed by atoms with E-state index in [-0.39, 0.29) is 22.0 Å². The van der Waals surface area contributed by atoms with E-state index in [1.165, 1.54) is 24.3 Å². The third-order valence-electron chi connectivity index (χ3n) is 4.13. The fourth-order valence-electron chi connectivity index (χ4n) is 2.83. The summed E-state index contributed by atoms with van der Waals surface area (Å²) < 4.78 is 25.6. The Hall–Kier alpha value is -2.09. The maximum atomic E-state index is 12.5. The largest absolute Gasteiger partial charge is 0.321 e. The summed E-state index contributed by atoms with van der Waals surface area (Å²) in [6.45, 7) is 3.15. The second-order valence-electron chi connectivity index (χ2n) is 6.82. The lowest BCUT2D eigenvalue weighted by atomic mass is 9.95. The number of nitrogens with one attached hydrogen (secondary N) is 1. The number of sulfonamides is 1. The van der Waals surface area contributed by atoms with Gasteiger partial charge < -0.3 is 5.32 Å². The Kier molecular flexibility index (Phi) is 4.96. The highest BCUT2D eigenvalue weighted by atomic mass is 35.5. The molecule has 1 saturated heterocycles. The number of amides is 2. The smallest absolute Gasteiger partial charge is 0.255 e. The minimum atomic E-state index is -3.80. The second-order valence-corrected chi connectivity index (χ2v) is 9.42. The summed E-state index contributed by atoms with van der Waals surface area (Å²) in [5.74, 6) is -1.32. The summed E-state index contributed by atoms with van der Waals surface area (Å²) >= 11 is 12.0. The van der Waals surface area contributed by atoms with Gasteiger partial charge in [0.15, 0.2) is 0 Å². The first kappa shape index (κ1) is 19.7. The van der Waals surface area contributed by atoms with Gasteiger partial charge in [0, 0.05) is 5.56 Å². The van der Waals surface area contributed by atoms with E-state index in [0.29, 0.717) is 10.7 Å². The van der Waals surface area contributed by atoms with Crippen LogP contribution in [0, 0.1) is 5.41 Å². The van der Waals surface area contributed by atoms with Gasteiger partial charge in [-0.05, 0) is 44.2 Å². The Morgan fingerprint density at radius 2 is 1.81 bits per heavy atom. The molecule has 142 valence electrons. The van der Waals surface area contributed by atoms with Crippen LogP contribution in [0.4, 0.5) is 11.4 Å². The van der Waals surface area contributed by atoms with E-state index in [1.807, 2.05) is 0 Å². The Morgan fingerprint density at radius 3 is 2.44 bits per heavy atom. The number of benzene rings is 2. The molecule has 0 radical (unpaired) electrons. The first-order valence-corrected chi connectivity index (χ1v) is 10.3. The van der Waals surface area contributed by atoms with Gasteiger partial charge in [-0.2, -0.15) is 0 Å². The van der Waals surface area contributed by atoms with Crippen molar-refractivity contribution in [2.75, 3.05) is 15.4 Å². The monoisotopic (exact) mass is 426 g/mol. The van der Waals surface area contributed by atoms with Crippen molar-refractivity contribution in [3.63, 3.8) is 0 Å². The van der Waals surface area contributed by atoms with Gasteiger partial charge in [0.05, 0.1) is 32.6 Å². The minimum Gasteiger partial charge on any atom is -0.321 e. The van der Waals surface area contributed by atoms with Crippen molar-refractivity contribution >= 4 is 56.4 Å². The molecule has 27 heavy (non-hydrogen) atoms. The number of nitrogens with zero attached hydrogens (tertiary/aromatic N) is 1. The van der Waals surface area contributed by atoms with Gasteiger partial charge in [0.2, 0.25) is 15.9 Å². The third kappa shape index (κ3) is 3.67. The third-order valence-corrected chi connectivity index (χ3v) is 6.97. The molecule has 2 aromatic rings. The van der Waals surface area contributed by atoms with E-state index in [2.05, 4.69) is 5.32 Å². The minimum absolute atomic E-state index is 0.121. The van der Waals surface area contributed by atoms with Gasteiger partial charge in [0.25, 0.3) is 5.91 Å². The van der Waals surface area contributed by atoms with Crippen molar-refractivity contribution in [2.45, 2.75) is 13.8 Å². The normalized spacial score (nSPS) is 17.8. The molecule has 0 spiro atoms. The van der Waals surface area contributed by atoms with Crippen LogP contribution in [0.5, 0.6) is 0 Å². The highest BCUT2D eigenvalue weighted by Crippen LogP contribution is 2.36. The zero-order chi connectivity index (χ0) is 20.0. The van der Waals surface area contributed by atoms with Crippen LogP contribution in [-0.2, 0) is 14.8 Å². The van der Waals surface area contributed by atoms with Crippen LogP contribution in [0.15, 0.2) is 42.5 Å². The predicted molar refractivity (Wildman–Crippen MR) is 106 cm³/mol. The van der Waals surface area contributed by atoms with E-state index in [4.69, 9.17) is 23.2 Å². The Morgan fingerprint density at radius 1 is 1.15 bits per heavy atom. The molecule has 0 aliphatic carbocycles. The van der Waals surface area contributed by atoms with Crippen molar-refractivity contribution < 1.29 is 18.0 Å². The number of rotatable bonds is 3. The fraction of sp³-hybridized carbons (Fsp3) is 0.222. The van der Waals surface area contributed by atoms with Gasteiger partial charge in [0.1, 0.15) is 0 Å². The summed E-state index contributed by atoms with van der Waals surface area (Å²) in [6.07, 6.45) is 0. The number of hydrogen-bond acceptors (Lipinski definition) is 4. The fourth-order valence-corrected chi connectivity index (χ4v) is 5.28. The van der Waals surface area contributed by atoms with E-state index in [9.17, 15) is 18.0 Å². The standard InChI is InChI=1S/C18H16Cl2N2O4S/c1-18(2)10-27(25,26)22(17(18)24)12-6-3-5-11(9-12)16(23)21-14-8-4-7-13(19)15(14)20/h3-9H,10H2,1-2H3,(H,21,23). The van der Waals surface area contributed by atoms with Crippen LogP contribution in [0.25, 0.3) is 0 Å². The van der Waals surface area contributed by atoms with Crippen molar-refractivity contribution in [3.8, 4) is 0 Å². The lowest BCUT2D eigenvalue weighted by Crippen LogP contribution is -2.33. The maximum Gasteiger partial charge on any atom is 0.255 e. The molecule has 9 heteroatoms. The molecule has 0 atom stereocenters. The van der Waals surface area contributed by atoms with Gasteiger partial charge in [-0.3, -0.25) is 9.59 Å². The highest BCUT2D eigenvalue weighted by Gasteiger charge is 2.49. The van der Waals surface area contributed by atoms with Crippen LogP contribution < -0.4 is 9.62 Å². The van der Waals surface area contributed by atoms with Gasteiger partial charge >= 0.3 is 0 Å². The highest BCUT2D eigenvalue weighted by molar-refractivity contribution is 7.94. The summed E-state index contributed by atoms with van der Waals surface area (Å²) in [5, 5.41) is 3.11. The van der Waals surface area contributed by atoms with Crippen LogP contribution in [0.2, 0.25) is 10.0 Å². The van der Waals surface area contributed by atoms with Crippen molar-refractivity contribution in [3.05, 3.63) is 58.1 Å². The Bertz CT molecular complexity index is 1050. The van der Waals surface area contributed by atoms with Crippen LogP contribution in [-0.4, -0.2) is 26.0 Å². The van der Waals surface area contributed by atoms with E-state index >= 15 is 0 Å². The first-order valence-electron chi connectivity index (χ1n) is 7.96. The SMILES string of the molecule is CC1(C)CS(=O)(=O)N(c2cccc(C(=O)Nc3cccc(Cl)c3Cl)c2)C1=O. The average molecular weight is 427 g/mol. The number of anilines is 2. The molecule has 6 nitrogen and oxygen atoms in total. The van der Waals surface area contributed by atoms with Gasteiger partial charge in [-0.15, -0.1) is 0 Å². The van der Waals surface area contributed by atoms with E-state index in [1.54, 1.807) is 32.0 Å². The molecule has 3 rings (SSSR count). The molecular formula is C18H16Cl2N2O4S. The van der Waals surface area contributed by atoms with Crippen LogP contribution in [0.1, 0.15) is 24.2 Å². The number of hydrogen-bond donors (Lipinski definition) is 1. The average Bonchev–Trinajstić information content (AvgIpc) is 2.75. The van der Waals surface area contributed by atoms with Crippen molar-refractivity contribution in [1.82, 2.24) is 0 Å². The Balaban J connectivity index is 1.93.